The first kappa shape index (κ1) is 15.0. The van der Waals surface area contributed by atoms with Crippen LogP contribution in [-0.4, -0.2) is 46.9 Å². The molecular weight excluding hydrogens is 279 g/mol. The normalized spacial score (nSPS) is 17.6. The predicted octanol–water partition coefficient (Wildman–Crippen LogP) is 0.631. The molecule has 0 saturated carbocycles. The lowest BCUT2D eigenvalue weighted by Gasteiger charge is -2.21. The number of carbonyl (C=O) groups is 3. The van der Waals surface area contributed by atoms with Gasteiger partial charge in [-0.2, -0.15) is 0 Å². The summed E-state index contributed by atoms with van der Waals surface area (Å²) in [6, 6.07) is 4.27. The fraction of sp³-hybridized carbons (Fsp3) is 0.357. The summed E-state index contributed by atoms with van der Waals surface area (Å²) in [7, 11) is 0. The molecule has 1 aliphatic heterocycles. The number of aliphatic carboxylic acids is 1. The Labute approximate surface area is 120 Å². The van der Waals surface area contributed by atoms with Gasteiger partial charge in [-0.05, 0) is 31.0 Å². The second kappa shape index (κ2) is 6.34. The first-order chi connectivity index (χ1) is 9.99. The number of carboxylic acids is 1. The summed E-state index contributed by atoms with van der Waals surface area (Å²) in [5.74, 6) is -2.62. The molecule has 2 N–H and O–H groups in total. The van der Waals surface area contributed by atoms with Crippen molar-refractivity contribution in [2.75, 3.05) is 13.1 Å². The lowest BCUT2D eigenvalue weighted by molar-refractivity contribution is -0.147. The summed E-state index contributed by atoms with van der Waals surface area (Å²) in [5, 5.41) is 11.4. The van der Waals surface area contributed by atoms with Gasteiger partial charge in [-0.25, -0.2) is 9.18 Å². The third kappa shape index (κ3) is 3.56. The molecule has 2 amide bonds. The number of carbonyl (C=O) groups excluding carboxylic acids is 2. The summed E-state index contributed by atoms with van der Waals surface area (Å²) < 4.78 is 13.0. The number of benzene rings is 1. The van der Waals surface area contributed by atoms with Crippen molar-refractivity contribution in [1.82, 2.24) is 10.2 Å². The zero-order valence-corrected chi connectivity index (χ0v) is 11.2. The van der Waals surface area contributed by atoms with Crippen molar-refractivity contribution in [3.63, 3.8) is 0 Å². The van der Waals surface area contributed by atoms with Crippen LogP contribution in [0.15, 0.2) is 24.3 Å². The molecule has 112 valence electrons. The standard InChI is InChI=1S/C14H15FN2O4/c15-10-4-1-3-9(7-10)13(19)16-8-12(18)17-6-2-5-11(17)14(20)21/h1,3-4,7,11H,2,5-6,8H2,(H,16,19)(H,20,21)/t11-/m0/s1. The molecular formula is C14H15FN2O4. The maximum absolute atomic E-state index is 13.0. The highest BCUT2D eigenvalue weighted by molar-refractivity contribution is 5.96. The van der Waals surface area contributed by atoms with Crippen LogP contribution in [0.4, 0.5) is 4.39 Å². The Kier molecular flexibility index (Phi) is 4.52. The van der Waals surface area contributed by atoms with Gasteiger partial charge in [-0.1, -0.05) is 6.07 Å². The number of amides is 2. The molecule has 0 aliphatic carbocycles. The molecule has 0 aromatic heterocycles. The maximum atomic E-state index is 13.0. The molecule has 1 saturated heterocycles. The summed E-state index contributed by atoms with van der Waals surface area (Å²) in [5.41, 5.74) is 0.110. The topological polar surface area (TPSA) is 86.7 Å². The summed E-state index contributed by atoms with van der Waals surface area (Å²) in [4.78, 5) is 35.9. The van der Waals surface area contributed by atoms with Gasteiger partial charge in [0.2, 0.25) is 5.91 Å². The molecule has 1 atom stereocenters. The van der Waals surface area contributed by atoms with Gasteiger partial charge >= 0.3 is 5.97 Å². The van der Waals surface area contributed by atoms with Gasteiger partial charge in [0.1, 0.15) is 11.9 Å². The van der Waals surface area contributed by atoms with Crippen LogP contribution in [-0.2, 0) is 9.59 Å². The summed E-state index contributed by atoms with van der Waals surface area (Å²) in [6.45, 7) is 0.0603. The van der Waals surface area contributed by atoms with Crippen LogP contribution in [0.3, 0.4) is 0 Å². The molecule has 0 unspecified atom stereocenters. The van der Waals surface area contributed by atoms with Gasteiger partial charge in [-0.3, -0.25) is 9.59 Å². The quantitative estimate of drug-likeness (QED) is 0.853. The van der Waals surface area contributed by atoms with Gasteiger partial charge in [0.15, 0.2) is 0 Å². The number of rotatable bonds is 4. The summed E-state index contributed by atoms with van der Waals surface area (Å²) in [6.07, 6.45) is 1.04. The fourth-order valence-electron chi connectivity index (χ4n) is 2.31. The molecule has 1 fully saturated rings. The van der Waals surface area contributed by atoms with E-state index in [1.165, 1.54) is 23.1 Å². The van der Waals surface area contributed by atoms with E-state index in [9.17, 15) is 18.8 Å². The van der Waals surface area contributed by atoms with Crippen molar-refractivity contribution in [2.24, 2.45) is 0 Å². The highest BCUT2D eigenvalue weighted by Crippen LogP contribution is 2.17. The van der Waals surface area contributed by atoms with Gasteiger partial charge in [0, 0.05) is 12.1 Å². The first-order valence-electron chi connectivity index (χ1n) is 6.55. The third-order valence-corrected chi connectivity index (χ3v) is 3.35. The number of carboxylic acid groups (broad SMARTS) is 1. The molecule has 0 radical (unpaired) electrons. The van der Waals surface area contributed by atoms with E-state index in [4.69, 9.17) is 5.11 Å². The van der Waals surface area contributed by atoms with E-state index in [-0.39, 0.29) is 12.1 Å². The van der Waals surface area contributed by atoms with E-state index >= 15 is 0 Å². The average molecular weight is 294 g/mol. The van der Waals surface area contributed by atoms with E-state index < -0.39 is 29.6 Å². The third-order valence-electron chi connectivity index (χ3n) is 3.35. The van der Waals surface area contributed by atoms with Crippen LogP contribution in [0.5, 0.6) is 0 Å². The van der Waals surface area contributed by atoms with Crippen LogP contribution < -0.4 is 5.32 Å². The molecule has 1 aromatic rings. The molecule has 1 aromatic carbocycles. The molecule has 0 spiro atoms. The molecule has 0 bridgehead atoms. The van der Waals surface area contributed by atoms with Crippen molar-refractivity contribution in [1.29, 1.82) is 0 Å². The Hall–Kier alpha value is -2.44. The van der Waals surface area contributed by atoms with Crippen LogP contribution in [0.25, 0.3) is 0 Å². The van der Waals surface area contributed by atoms with Crippen LogP contribution >= 0.6 is 0 Å². The minimum Gasteiger partial charge on any atom is -0.480 e. The van der Waals surface area contributed by atoms with E-state index in [1.807, 2.05) is 0 Å². The minimum atomic E-state index is -1.04. The van der Waals surface area contributed by atoms with Crippen LogP contribution in [0.1, 0.15) is 23.2 Å². The maximum Gasteiger partial charge on any atom is 0.326 e. The van der Waals surface area contributed by atoms with Gasteiger partial charge in [0.25, 0.3) is 5.91 Å². The Morgan fingerprint density at radius 2 is 2.14 bits per heavy atom. The molecule has 21 heavy (non-hydrogen) atoms. The Morgan fingerprint density at radius 1 is 1.38 bits per heavy atom. The molecule has 1 heterocycles. The highest BCUT2D eigenvalue weighted by Gasteiger charge is 2.33. The number of hydrogen-bond acceptors (Lipinski definition) is 3. The highest BCUT2D eigenvalue weighted by atomic mass is 19.1. The van der Waals surface area contributed by atoms with E-state index in [0.29, 0.717) is 19.4 Å². The first-order valence-corrected chi connectivity index (χ1v) is 6.55. The minimum absolute atomic E-state index is 0.110. The van der Waals surface area contributed by atoms with Crippen LogP contribution in [0.2, 0.25) is 0 Å². The smallest absolute Gasteiger partial charge is 0.326 e. The second-order valence-corrected chi connectivity index (χ2v) is 4.78. The van der Waals surface area contributed by atoms with Crippen molar-refractivity contribution in [2.45, 2.75) is 18.9 Å². The van der Waals surface area contributed by atoms with E-state index in [2.05, 4.69) is 5.32 Å². The number of hydrogen-bond donors (Lipinski definition) is 2. The average Bonchev–Trinajstić information content (AvgIpc) is 2.94. The summed E-state index contributed by atoms with van der Waals surface area (Å²) >= 11 is 0. The van der Waals surface area contributed by atoms with Gasteiger partial charge in [-0.15, -0.1) is 0 Å². The van der Waals surface area contributed by atoms with Gasteiger partial charge in [0.05, 0.1) is 6.54 Å². The monoisotopic (exact) mass is 294 g/mol. The van der Waals surface area contributed by atoms with E-state index in [0.717, 1.165) is 6.07 Å². The Balaban J connectivity index is 1.92. The molecule has 6 nitrogen and oxygen atoms in total. The van der Waals surface area contributed by atoms with Crippen molar-refractivity contribution in [3.8, 4) is 0 Å². The largest absolute Gasteiger partial charge is 0.480 e. The molecule has 7 heteroatoms. The molecule has 1 aliphatic rings. The number of nitrogens with one attached hydrogen (secondary N) is 1. The molecule has 2 rings (SSSR count). The predicted molar refractivity (Wildman–Crippen MR) is 71.1 cm³/mol. The van der Waals surface area contributed by atoms with Crippen molar-refractivity contribution in [3.05, 3.63) is 35.6 Å². The zero-order chi connectivity index (χ0) is 15.4. The number of halogens is 1. The number of likely N-dealkylation sites (tertiary alicyclic amines) is 1. The second-order valence-electron chi connectivity index (χ2n) is 4.78. The zero-order valence-electron chi connectivity index (χ0n) is 11.2. The SMILES string of the molecule is O=C(NCC(=O)N1CCC[C@H]1C(=O)O)c1cccc(F)c1. The van der Waals surface area contributed by atoms with Crippen molar-refractivity contribution < 1.29 is 23.9 Å². The van der Waals surface area contributed by atoms with Crippen molar-refractivity contribution >= 4 is 17.8 Å². The van der Waals surface area contributed by atoms with Gasteiger partial charge < -0.3 is 15.3 Å². The van der Waals surface area contributed by atoms with E-state index in [1.54, 1.807) is 0 Å². The Bertz CT molecular complexity index is 576. The van der Waals surface area contributed by atoms with Crippen LogP contribution in [0, 0.1) is 5.82 Å². The Morgan fingerprint density at radius 3 is 2.81 bits per heavy atom. The fourth-order valence-corrected chi connectivity index (χ4v) is 2.31. The lowest BCUT2D eigenvalue weighted by atomic mass is 10.2. The number of nitrogens with zero attached hydrogens (tertiary/aromatic N) is 1. The lowest BCUT2D eigenvalue weighted by Crippen LogP contribution is -2.45.